The van der Waals surface area contributed by atoms with Gasteiger partial charge < -0.3 is 9.80 Å². The van der Waals surface area contributed by atoms with Gasteiger partial charge in [0.25, 0.3) is 0 Å². The minimum Gasteiger partial charge on any atom is -0.324 e. The van der Waals surface area contributed by atoms with E-state index in [1.54, 1.807) is 0 Å². The molecule has 46 heavy (non-hydrogen) atoms. The Kier molecular flexibility index (Phi) is 7.82. The molecule has 7 rings (SSSR count). The van der Waals surface area contributed by atoms with Crippen molar-refractivity contribution >= 4 is 23.0 Å². The monoisotopic (exact) mass is 602 g/mol. The van der Waals surface area contributed by atoms with Crippen LogP contribution in [0.5, 0.6) is 0 Å². The van der Waals surface area contributed by atoms with E-state index in [4.69, 9.17) is 9.98 Å². The van der Waals surface area contributed by atoms with E-state index in [0.717, 1.165) is 47.3 Å². The third kappa shape index (κ3) is 6.00. The number of hydrogen-bond donors (Lipinski definition) is 0. The maximum atomic E-state index is 5.44. The summed E-state index contributed by atoms with van der Waals surface area (Å²) >= 11 is 0. The van der Waals surface area contributed by atoms with E-state index in [1.165, 1.54) is 27.8 Å². The lowest BCUT2D eigenvalue weighted by atomic mass is 9.84. The summed E-state index contributed by atoms with van der Waals surface area (Å²) in [6, 6.07) is 46.1. The molecule has 0 aliphatic carbocycles. The lowest BCUT2D eigenvalue weighted by Crippen LogP contribution is -2.31. The van der Waals surface area contributed by atoms with Crippen molar-refractivity contribution in [1.82, 2.24) is 0 Å². The molecule has 0 spiro atoms. The maximum Gasteiger partial charge on any atom is 0.136 e. The molecule has 2 aliphatic rings. The van der Waals surface area contributed by atoms with Gasteiger partial charge in [0.05, 0.1) is 25.2 Å². The van der Waals surface area contributed by atoms with Crippen molar-refractivity contribution in [2.75, 3.05) is 22.9 Å². The molecule has 0 N–H and O–H groups in total. The quantitative estimate of drug-likeness (QED) is 0.194. The molecule has 4 heteroatoms. The lowest BCUT2D eigenvalue weighted by Gasteiger charge is -2.27. The van der Waals surface area contributed by atoms with Crippen LogP contribution in [0.3, 0.4) is 0 Å². The zero-order valence-electron chi connectivity index (χ0n) is 27.5. The van der Waals surface area contributed by atoms with Crippen LogP contribution >= 0.6 is 0 Å². The highest BCUT2D eigenvalue weighted by molar-refractivity contribution is 6.15. The maximum absolute atomic E-state index is 5.44. The van der Waals surface area contributed by atoms with E-state index in [1.807, 2.05) is 0 Å². The minimum atomic E-state index is -0.0653. The number of rotatable bonds is 6. The lowest BCUT2D eigenvalue weighted by molar-refractivity contribution is 0.590. The molecule has 230 valence electrons. The second kappa shape index (κ2) is 12.1. The van der Waals surface area contributed by atoms with Gasteiger partial charge >= 0.3 is 0 Å². The molecular formula is C42H42N4. The molecular weight excluding hydrogens is 560 g/mol. The van der Waals surface area contributed by atoms with Gasteiger partial charge in [-0.3, -0.25) is 9.98 Å². The first-order chi connectivity index (χ1) is 22.2. The Morgan fingerprint density at radius 1 is 0.522 bits per heavy atom. The Morgan fingerprint density at radius 2 is 0.913 bits per heavy atom. The van der Waals surface area contributed by atoms with Crippen LogP contribution in [0.15, 0.2) is 137 Å². The molecule has 5 aromatic rings. The van der Waals surface area contributed by atoms with Crippen LogP contribution in [0.25, 0.3) is 0 Å². The number of anilines is 2. The summed E-state index contributed by atoms with van der Waals surface area (Å²) in [7, 11) is 0. The van der Waals surface area contributed by atoms with Crippen molar-refractivity contribution in [3.05, 3.63) is 166 Å². The number of benzene rings is 5. The zero-order valence-corrected chi connectivity index (χ0v) is 27.5. The highest BCUT2D eigenvalue weighted by atomic mass is 15.3. The fourth-order valence-electron chi connectivity index (χ4n) is 6.43. The molecule has 0 radical (unpaired) electrons. The number of amidine groups is 2. The van der Waals surface area contributed by atoms with Gasteiger partial charge in [-0.05, 0) is 78.4 Å². The first kappa shape index (κ1) is 29.7. The molecule has 2 atom stereocenters. The second-order valence-electron chi connectivity index (χ2n) is 13.7. The van der Waals surface area contributed by atoms with Gasteiger partial charge in [0.1, 0.15) is 11.7 Å². The SMILES string of the molecule is Cc1ccc(N2C[C@H](c3ccccc3)N=C2c2cc(C3=N[C@@H](c4ccccc4)CN3c3ccc(C)cc3)cc(C(C)(C)C)c2)cc1. The van der Waals surface area contributed by atoms with E-state index >= 15 is 0 Å². The van der Waals surface area contributed by atoms with Crippen LogP contribution in [0.4, 0.5) is 11.4 Å². The molecule has 0 bridgehead atoms. The smallest absolute Gasteiger partial charge is 0.136 e. The predicted molar refractivity (Wildman–Crippen MR) is 194 cm³/mol. The van der Waals surface area contributed by atoms with Crippen LogP contribution < -0.4 is 9.80 Å². The van der Waals surface area contributed by atoms with Crippen molar-refractivity contribution in [3.8, 4) is 0 Å². The normalized spacial score (nSPS) is 18.1. The van der Waals surface area contributed by atoms with Crippen LogP contribution in [0.1, 0.15) is 71.8 Å². The molecule has 0 saturated carbocycles. The van der Waals surface area contributed by atoms with Gasteiger partial charge in [-0.25, -0.2) is 0 Å². The summed E-state index contributed by atoms with van der Waals surface area (Å²) in [5.41, 5.74) is 10.7. The van der Waals surface area contributed by atoms with Gasteiger partial charge in [-0.2, -0.15) is 0 Å². The average Bonchev–Trinajstić information content (AvgIpc) is 3.72. The highest BCUT2D eigenvalue weighted by Gasteiger charge is 2.33. The highest BCUT2D eigenvalue weighted by Crippen LogP contribution is 2.36. The first-order valence-electron chi connectivity index (χ1n) is 16.3. The summed E-state index contributed by atoms with van der Waals surface area (Å²) in [5.74, 6) is 2.01. The third-order valence-corrected chi connectivity index (χ3v) is 9.15. The van der Waals surface area contributed by atoms with Crippen molar-refractivity contribution < 1.29 is 0 Å². The van der Waals surface area contributed by atoms with E-state index in [0.29, 0.717) is 0 Å². The van der Waals surface area contributed by atoms with Crippen molar-refractivity contribution in [2.24, 2.45) is 9.98 Å². The number of aliphatic imine (C=N–C) groups is 2. The van der Waals surface area contributed by atoms with Crippen molar-refractivity contribution in [2.45, 2.75) is 52.1 Å². The van der Waals surface area contributed by atoms with E-state index < -0.39 is 0 Å². The Labute approximate surface area is 273 Å². The molecule has 0 unspecified atom stereocenters. The number of hydrogen-bond acceptors (Lipinski definition) is 4. The summed E-state index contributed by atoms with van der Waals surface area (Å²) in [4.78, 5) is 15.7. The Hall–Kier alpha value is -4.96. The number of aryl methyl sites for hydroxylation is 2. The van der Waals surface area contributed by atoms with Gasteiger partial charge in [-0.15, -0.1) is 0 Å². The van der Waals surface area contributed by atoms with Gasteiger partial charge in [0.2, 0.25) is 0 Å². The minimum absolute atomic E-state index is 0.0505. The second-order valence-corrected chi connectivity index (χ2v) is 13.7. The first-order valence-corrected chi connectivity index (χ1v) is 16.3. The van der Waals surface area contributed by atoms with Crippen molar-refractivity contribution in [3.63, 3.8) is 0 Å². The number of nitrogens with zero attached hydrogens (tertiary/aromatic N) is 4. The fourth-order valence-corrected chi connectivity index (χ4v) is 6.43. The molecule has 0 saturated heterocycles. The third-order valence-electron chi connectivity index (χ3n) is 9.15. The summed E-state index contributed by atoms with van der Waals surface area (Å²) < 4.78 is 0. The molecule has 0 amide bonds. The Balaban J connectivity index is 1.38. The Bertz CT molecular complexity index is 1750. The standard InChI is InChI=1S/C42H42N4/c1-29-16-20-36(21-17-29)45-27-38(31-12-8-6-9-13-31)43-40(45)33-24-34(26-35(25-33)42(3,4)5)41-44-39(32-14-10-7-11-15-32)28-46(41)37-22-18-30(2)19-23-37/h6-26,38-39H,27-28H2,1-5H3/t38-,39-/m1/s1. The molecule has 4 nitrogen and oxygen atoms in total. The summed E-state index contributed by atoms with van der Waals surface area (Å²) in [6.45, 7) is 12.7. The van der Waals surface area contributed by atoms with E-state index in [9.17, 15) is 0 Å². The Morgan fingerprint density at radius 3 is 1.28 bits per heavy atom. The zero-order chi connectivity index (χ0) is 31.8. The molecule has 0 aromatic heterocycles. The van der Waals surface area contributed by atoms with Gasteiger partial charge in [0, 0.05) is 22.5 Å². The van der Waals surface area contributed by atoms with E-state index in [-0.39, 0.29) is 17.5 Å². The van der Waals surface area contributed by atoms with Gasteiger partial charge in [-0.1, -0.05) is 117 Å². The summed E-state index contributed by atoms with van der Waals surface area (Å²) in [5, 5.41) is 0. The van der Waals surface area contributed by atoms with Crippen LogP contribution in [0.2, 0.25) is 0 Å². The fraction of sp³-hybridized carbons (Fsp3) is 0.238. The average molecular weight is 603 g/mol. The molecule has 0 fully saturated rings. The molecule has 2 heterocycles. The summed E-state index contributed by atoms with van der Waals surface area (Å²) in [6.07, 6.45) is 0. The van der Waals surface area contributed by atoms with Crippen LogP contribution in [-0.2, 0) is 5.41 Å². The molecule has 2 aliphatic heterocycles. The predicted octanol–water partition coefficient (Wildman–Crippen LogP) is 9.62. The van der Waals surface area contributed by atoms with Gasteiger partial charge in [0.15, 0.2) is 0 Å². The van der Waals surface area contributed by atoms with Crippen LogP contribution in [-0.4, -0.2) is 24.8 Å². The van der Waals surface area contributed by atoms with E-state index in [2.05, 4.69) is 172 Å². The topological polar surface area (TPSA) is 31.2 Å². The largest absolute Gasteiger partial charge is 0.324 e. The molecule has 5 aromatic carbocycles. The van der Waals surface area contributed by atoms with Crippen LogP contribution in [0, 0.1) is 13.8 Å². The van der Waals surface area contributed by atoms with Crippen molar-refractivity contribution in [1.29, 1.82) is 0 Å².